The molecular formula is C17H23FN2O2. The minimum absolute atomic E-state index is 0.00470. The van der Waals surface area contributed by atoms with Crippen LogP contribution >= 0.6 is 0 Å². The molecule has 120 valence electrons. The summed E-state index contributed by atoms with van der Waals surface area (Å²) in [6.07, 6.45) is 1.95. The lowest BCUT2D eigenvalue weighted by Gasteiger charge is -2.35. The summed E-state index contributed by atoms with van der Waals surface area (Å²) >= 11 is 0. The SMILES string of the molecule is C=CCN1CCN(C(=O)[C@@H](CC)Oc2ccc(F)cc2)CC1. The summed E-state index contributed by atoms with van der Waals surface area (Å²) in [5.74, 6) is 0.210. The Morgan fingerprint density at radius 1 is 1.32 bits per heavy atom. The predicted molar refractivity (Wildman–Crippen MR) is 84.3 cm³/mol. The highest BCUT2D eigenvalue weighted by Crippen LogP contribution is 2.16. The summed E-state index contributed by atoms with van der Waals surface area (Å²) in [5, 5.41) is 0. The van der Waals surface area contributed by atoms with E-state index in [-0.39, 0.29) is 11.7 Å². The summed E-state index contributed by atoms with van der Waals surface area (Å²) < 4.78 is 18.6. The molecule has 22 heavy (non-hydrogen) atoms. The molecule has 1 aliphatic heterocycles. The molecule has 1 fully saturated rings. The number of halogens is 1. The van der Waals surface area contributed by atoms with Gasteiger partial charge in [0.1, 0.15) is 11.6 Å². The summed E-state index contributed by atoms with van der Waals surface area (Å²) in [6, 6.07) is 5.77. The molecule has 2 rings (SSSR count). The lowest BCUT2D eigenvalue weighted by molar-refractivity contribution is -0.140. The number of benzene rings is 1. The fourth-order valence-electron chi connectivity index (χ4n) is 2.52. The zero-order valence-corrected chi connectivity index (χ0v) is 13.0. The van der Waals surface area contributed by atoms with Crippen molar-refractivity contribution in [2.24, 2.45) is 0 Å². The Morgan fingerprint density at radius 2 is 1.95 bits per heavy atom. The first-order valence-corrected chi connectivity index (χ1v) is 7.68. The van der Waals surface area contributed by atoms with Crippen molar-refractivity contribution in [3.05, 3.63) is 42.7 Å². The number of amides is 1. The largest absolute Gasteiger partial charge is 0.481 e. The Bertz CT molecular complexity index is 496. The highest BCUT2D eigenvalue weighted by atomic mass is 19.1. The van der Waals surface area contributed by atoms with E-state index in [4.69, 9.17) is 4.74 Å². The van der Waals surface area contributed by atoms with E-state index in [1.807, 2.05) is 17.9 Å². The number of hydrogen-bond donors (Lipinski definition) is 0. The molecular weight excluding hydrogens is 283 g/mol. The van der Waals surface area contributed by atoms with Gasteiger partial charge in [-0.2, -0.15) is 0 Å². The maximum absolute atomic E-state index is 12.9. The van der Waals surface area contributed by atoms with E-state index >= 15 is 0 Å². The van der Waals surface area contributed by atoms with Gasteiger partial charge >= 0.3 is 0 Å². The average Bonchev–Trinajstić information content (AvgIpc) is 2.55. The van der Waals surface area contributed by atoms with Gasteiger partial charge < -0.3 is 9.64 Å². The maximum Gasteiger partial charge on any atom is 0.263 e. The van der Waals surface area contributed by atoms with Crippen molar-refractivity contribution in [1.82, 2.24) is 9.80 Å². The van der Waals surface area contributed by atoms with Crippen LogP contribution < -0.4 is 4.74 Å². The maximum atomic E-state index is 12.9. The summed E-state index contributed by atoms with van der Waals surface area (Å²) in [7, 11) is 0. The lowest BCUT2D eigenvalue weighted by Crippen LogP contribution is -2.52. The molecule has 1 amide bonds. The second-order valence-electron chi connectivity index (χ2n) is 5.38. The molecule has 1 aromatic carbocycles. The highest BCUT2D eigenvalue weighted by Gasteiger charge is 2.27. The minimum Gasteiger partial charge on any atom is -0.481 e. The van der Waals surface area contributed by atoms with E-state index in [0.717, 1.165) is 19.6 Å². The second-order valence-corrected chi connectivity index (χ2v) is 5.38. The molecule has 0 unspecified atom stereocenters. The molecule has 0 saturated carbocycles. The molecule has 1 aromatic rings. The molecule has 1 saturated heterocycles. The molecule has 4 nitrogen and oxygen atoms in total. The summed E-state index contributed by atoms with van der Waals surface area (Å²) in [5.41, 5.74) is 0. The minimum atomic E-state index is -0.517. The van der Waals surface area contributed by atoms with Gasteiger partial charge in [0.15, 0.2) is 6.10 Å². The van der Waals surface area contributed by atoms with Gasteiger partial charge in [-0.15, -0.1) is 6.58 Å². The molecule has 0 N–H and O–H groups in total. The van der Waals surface area contributed by atoms with Crippen LogP contribution in [-0.2, 0) is 4.79 Å². The van der Waals surface area contributed by atoms with Gasteiger partial charge in [0.05, 0.1) is 0 Å². The Hall–Kier alpha value is -1.88. The van der Waals surface area contributed by atoms with E-state index in [9.17, 15) is 9.18 Å². The average molecular weight is 306 g/mol. The van der Waals surface area contributed by atoms with E-state index in [1.165, 1.54) is 12.1 Å². The van der Waals surface area contributed by atoms with Crippen LogP contribution in [0.5, 0.6) is 5.75 Å². The van der Waals surface area contributed by atoms with Crippen LogP contribution in [-0.4, -0.2) is 54.5 Å². The Balaban J connectivity index is 1.91. The number of carbonyl (C=O) groups is 1. The number of carbonyl (C=O) groups excluding carboxylic acids is 1. The predicted octanol–water partition coefficient (Wildman–Crippen LogP) is 2.31. The van der Waals surface area contributed by atoms with Crippen LogP contribution in [0, 0.1) is 5.82 Å². The standard InChI is InChI=1S/C17H23FN2O2/c1-3-9-19-10-12-20(13-11-19)17(21)16(4-2)22-15-7-5-14(18)6-8-15/h3,5-8,16H,1,4,9-13H2,2H3/t16-/m1/s1. The zero-order valence-electron chi connectivity index (χ0n) is 13.0. The first-order valence-electron chi connectivity index (χ1n) is 7.68. The smallest absolute Gasteiger partial charge is 0.263 e. The number of rotatable bonds is 6. The molecule has 0 aromatic heterocycles. The van der Waals surface area contributed by atoms with Crippen molar-refractivity contribution in [3.63, 3.8) is 0 Å². The third-order valence-corrected chi connectivity index (χ3v) is 3.81. The van der Waals surface area contributed by atoms with Gasteiger partial charge in [-0.25, -0.2) is 4.39 Å². The number of hydrogen-bond acceptors (Lipinski definition) is 3. The molecule has 0 aliphatic carbocycles. The van der Waals surface area contributed by atoms with Crippen LogP contribution in [0.15, 0.2) is 36.9 Å². The van der Waals surface area contributed by atoms with E-state index in [1.54, 1.807) is 12.1 Å². The van der Waals surface area contributed by atoms with E-state index in [2.05, 4.69) is 11.5 Å². The Kier molecular flexibility index (Phi) is 5.95. The van der Waals surface area contributed by atoms with Gasteiger partial charge in [0, 0.05) is 32.7 Å². The van der Waals surface area contributed by atoms with Crippen molar-refractivity contribution >= 4 is 5.91 Å². The van der Waals surface area contributed by atoms with Gasteiger partial charge in [-0.1, -0.05) is 13.0 Å². The van der Waals surface area contributed by atoms with Crippen LogP contribution in [0.3, 0.4) is 0 Å². The van der Waals surface area contributed by atoms with Gasteiger partial charge in [0.2, 0.25) is 0 Å². The highest BCUT2D eigenvalue weighted by molar-refractivity contribution is 5.81. The van der Waals surface area contributed by atoms with Crippen molar-refractivity contribution in [1.29, 1.82) is 0 Å². The zero-order chi connectivity index (χ0) is 15.9. The van der Waals surface area contributed by atoms with E-state index in [0.29, 0.717) is 25.3 Å². The van der Waals surface area contributed by atoms with Crippen molar-refractivity contribution in [2.45, 2.75) is 19.4 Å². The lowest BCUT2D eigenvalue weighted by atomic mass is 10.2. The number of ether oxygens (including phenoxy) is 1. The topological polar surface area (TPSA) is 32.8 Å². The quantitative estimate of drug-likeness (QED) is 0.756. The normalized spacial score (nSPS) is 17.1. The number of piperazine rings is 1. The number of nitrogens with zero attached hydrogens (tertiary/aromatic N) is 2. The van der Waals surface area contributed by atoms with E-state index < -0.39 is 6.10 Å². The molecule has 1 aliphatic rings. The fourth-order valence-corrected chi connectivity index (χ4v) is 2.52. The van der Waals surface area contributed by atoms with Crippen molar-refractivity contribution < 1.29 is 13.9 Å². The Labute approximate surface area is 131 Å². The summed E-state index contributed by atoms with van der Waals surface area (Å²) in [4.78, 5) is 16.7. The summed E-state index contributed by atoms with van der Waals surface area (Å²) in [6.45, 7) is 9.62. The molecule has 0 radical (unpaired) electrons. The van der Waals surface area contributed by atoms with Gasteiger partial charge in [0.25, 0.3) is 5.91 Å². The van der Waals surface area contributed by atoms with Gasteiger partial charge in [-0.05, 0) is 30.7 Å². The Morgan fingerprint density at radius 3 is 2.50 bits per heavy atom. The third kappa shape index (κ3) is 4.31. The fraction of sp³-hybridized carbons (Fsp3) is 0.471. The molecule has 1 atom stereocenters. The first-order chi connectivity index (χ1) is 10.6. The van der Waals surface area contributed by atoms with Crippen LogP contribution in [0.2, 0.25) is 0 Å². The first kappa shape index (κ1) is 16.5. The third-order valence-electron chi connectivity index (χ3n) is 3.81. The van der Waals surface area contributed by atoms with Crippen LogP contribution in [0.4, 0.5) is 4.39 Å². The van der Waals surface area contributed by atoms with Crippen molar-refractivity contribution in [3.8, 4) is 5.75 Å². The van der Waals surface area contributed by atoms with Crippen LogP contribution in [0.1, 0.15) is 13.3 Å². The molecule has 5 heteroatoms. The van der Waals surface area contributed by atoms with Crippen molar-refractivity contribution in [2.75, 3.05) is 32.7 Å². The monoisotopic (exact) mass is 306 g/mol. The molecule has 1 heterocycles. The van der Waals surface area contributed by atoms with Crippen LogP contribution in [0.25, 0.3) is 0 Å². The van der Waals surface area contributed by atoms with Gasteiger partial charge in [-0.3, -0.25) is 9.69 Å². The molecule has 0 bridgehead atoms. The molecule has 0 spiro atoms. The second kappa shape index (κ2) is 7.94.